The Bertz CT molecular complexity index is 999. The fourth-order valence-corrected chi connectivity index (χ4v) is 6.22. The molecule has 0 atom stereocenters. The summed E-state index contributed by atoms with van der Waals surface area (Å²) in [7, 11) is 0. The summed E-state index contributed by atoms with van der Waals surface area (Å²) in [5, 5.41) is 0. The average Bonchev–Trinajstić information content (AvgIpc) is 2.87. The van der Waals surface area contributed by atoms with Gasteiger partial charge in [-0.3, -0.25) is 0 Å². The first-order chi connectivity index (χ1) is 17.0. The van der Waals surface area contributed by atoms with E-state index in [-0.39, 0.29) is 17.7 Å². The van der Waals surface area contributed by atoms with Gasteiger partial charge in [-0.1, -0.05) is 30.4 Å². The number of benzene rings is 2. The molecule has 2 aliphatic rings. The van der Waals surface area contributed by atoms with Gasteiger partial charge in [0.1, 0.15) is 11.6 Å². The van der Waals surface area contributed by atoms with E-state index in [2.05, 4.69) is 12.2 Å². The van der Waals surface area contributed by atoms with E-state index in [4.69, 9.17) is 4.74 Å². The lowest BCUT2D eigenvalue weighted by atomic mass is 9.76. The largest absolute Gasteiger partial charge is 0.494 e. The Kier molecular flexibility index (Phi) is 8.97. The van der Waals surface area contributed by atoms with Crippen molar-refractivity contribution in [3.8, 4) is 5.75 Å². The van der Waals surface area contributed by atoms with Crippen molar-refractivity contribution >= 4 is 0 Å². The standard InChI is InChI=1S/C31H39F3O/c1-3-5-21-6-13-24(14-7-21)28-18-16-25(30(33)31(28)34)15-10-22-8-11-23(12-9-22)27-19-17-26(35-4-2)20-29(27)32/h3,5,16-24H,4,6-15H2,1-2H3. The zero-order valence-electron chi connectivity index (χ0n) is 21.2. The molecule has 2 aromatic rings. The highest BCUT2D eigenvalue weighted by molar-refractivity contribution is 5.32. The van der Waals surface area contributed by atoms with Crippen LogP contribution in [0.2, 0.25) is 0 Å². The second-order valence-electron chi connectivity index (χ2n) is 10.5. The van der Waals surface area contributed by atoms with Crippen molar-refractivity contribution in [2.24, 2.45) is 11.8 Å². The number of allylic oxidation sites excluding steroid dienone is 2. The van der Waals surface area contributed by atoms with Crippen LogP contribution in [-0.4, -0.2) is 6.61 Å². The molecule has 0 saturated heterocycles. The highest BCUT2D eigenvalue weighted by Gasteiger charge is 2.27. The quantitative estimate of drug-likeness (QED) is 0.339. The van der Waals surface area contributed by atoms with Gasteiger partial charge in [0.05, 0.1) is 6.61 Å². The summed E-state index contributed by atoms with van der Waals surface area (Å²) in [5.41, 5.74) is 1.83. The summed E-state index contributed by atoms with van der Waals surface area (Å²) in [6.07, 6.45) is 13.5. The molecule has 190 valence electrons. The van der Waals surface area contributed by atoms with E-state index in [1.54, 1.807) is 0 Å². The molecule has 0 N–H and O–H groups in total. The molecule has 0 radical (unpaired) electrons. The Morgan fingerprint density at radius 2 is 1.49 bits per heavy atom. The minimum absolute atomic E-state index is 0.123. The highest BCUT2D eigenvalue weighted by atomic mass is 19.2. The van der Waals surface area contributed by atoms with Gasteiger partial charge in [-0.15, -0.1) is 0 Å². The normalized spacial score (nSPS) is 25.2. The van der Waals surface area contributed by atoms with E-state index in [0.29, 0.717) is 41.7 Å². The third-order valence-electron chi connectivity index (χ3n) is 8.26. The van der Waals surface area contributed by atoms with Crippen LogP contribution >= 0.6 is 0 Å². The predicted molar refractivity (Wildman–Crippen MR) is 136 cm³/mol. The third-order valence-corrected chi connectivity index (χ3v) is 8.26. The molecule has 0 amide bonds. The molecule has 2 aromatic carbocycles. The van der Waals surface area contributed by atoms with Gasteiger partial charge in [0.25, 0.3) is 0 Å². The topological polar surface area (TPSA) is 9.23 Å². The fraction of sp³-hybridized carbons (Fsp3) is 0.548. The van der Waals surface area contributed by atoms with Crippen LogP contribution in [0.4, 0.5) is 13.2 Å². The second-order valence-corrected chi connectivity index (χ2v) is 10.5. The first-order valence-corrected chi connectivity index (χ1v) is 13.5. The van der Waals surface area contributed by atoms with Crippen LogP contribution in [0, 0.1) is 29.3 Å². The van der Waals surface area contributed by atoms with Crippen LogP contribution in [0.1, 0.15) is 100 Å². The van der Waals surface area contributed by atoms with Crippen molar-refractivity contribution < 1.29 is 17.9 Å². The van der Waals surface area contributed by atoms with E-state index >= 15 is 0 Å². The van der Waals surface area contributed by atoms with Crippen molar-refractivity contribution in [2.75, 3.05) is 6.61 Å². The molecular weight excluding hydrogens is 445 g/mol. The molecule has 4 heteroatoms. The number of halogens is 3. The molecule has 0 bridgehead atoms. The lowest BCUT2D eigenvalue weighted by molar-refractivity contribution is 0.304. The molecule has 1 nitrogen and oxygen atoms in total. The van der Waals surface area contributed by atoms with Crippen molar-refractivity contribution in [1.29, 1.82) is 0 Å². The Hall–Kier alpha value is -2.23. The Balaban J connectivity index is 1.29. The summed E-state index contributed by atoms with van der Waals surface area (Å²) in [5.74, 6) is 0.494. The van der Waals surface area contributed by atoms with Crippen molar-refractivity contribution in [3.63, 3.8) is 0 Å². The van der Waals surface area contributed by atoms with Crippen LogP contribution in [0.3, 0.4) is 0 Å². The maximum absolute atomic E-state index is 15.0. The maximum Gasteiger partial charge on any atom is 0.162 e. The number of hydrogen-bond acceptors (Lipinski definition) is 1. The van der Waals surface area contributed by atoms with Gasteiger partial charge in [0, 0.05) is 6.07 Å². The molecular formula is C31H39F3O. The highest BCUT2D eigenvalue weighted by Crippen LogP contribution is 2.40. The summed E-state index contributed by atoms with van der Waals surface area (Å²) in [4.78, 5) is 0. The van der Waals surface area contributed by atoms with E-state index < -0.39 is 11.6 Å². The summed E-state index contributed by atoms with van der Waals surface area (Å²) < 4.78 is 49.9. The molecule has 2 fully saturated rings. The van der Waals surface area contributed by atoms with Crippen molar-refractivity contribution in [1.82, 2.24) is 0 Å². The lowest BCUT2D eigenvalue weighted by Crippen LogP contribution is -2.16. The predicted octanol–water partition coefficient (Wildman–Crippen LogP) is 9.26. The molecule has 35 heavy (non-hydrogen) atoms. The van der Waals surface area contributed by atoms with E-state index in [1.165, 1.54) is 6.07 Å². The lowest BCUT2D eigenvalue weighted by Gasteiger charge is -2.29. The van der Waals surface area contributed by atoms with Crippen LogP contribution in [0.25, 0.3) is 0 Å². The van der Waals surface area contributed by atoms with E-state index in [9.17, 15) is 13.2 Å². The smallest absolute Gasteiger partial charge is 0.162 e. The van der Waals surface area contributed by atoms with Gasteiger partial charge in [-0.05, 0) is 124 Å². The molecule has 0 spiro atoms. The van der Waals surface area contributed by atoms with Crippen molar-refractivity contribution in [3.05, 3.63) is 76.6 Å². The zero-order valence-corrected chi connectivity index (χ0v) is 21.2. The van der Waals surface area contributed by atoms with Crippen LogP contribution < -0.4 is 4.74 Å². The molecule has 2 saturated carbocycles. The van der Waals surface area contributed by atoms with Gasteiger partial charge in [0.15, 0.2) is 11.6 Å². The minimum Gasteiger partial charge on any atom is -0.494 e. The number of aryl methyl sites for hydroxylation is 1. The molecule has 0 heterocycles. The Labute approximate surface area is 208 Å². The van der Waals surface area contributed by atoms with Crippen LogP contribution in [0.15, 0.2) is 42.5 Å². The molecule has 0 aliphatic heterocycles. The van der Waals surface area contributed by atoms with Crippen LogP contribution in [-0.2, 0) is 6.42 Å². The number of rotatable bonds is 8. The Morgan fingerprint density at radius 1 is 0.829 bits per heavy atom. The van der Waals surface area contributed by atoms with E-state index in [1.807, 2.05) is 38.1 Å². The summed E-state index contributed by atoms with van der Waals surface area (Å²) in [6.45, 7) is 4.45. The van der Waals surface area contributed by atoms with Gasteiger partial charge in [-0.2, -0.15) is 0 Å². The molecule has 4 rings (SSSR count). The van der Waals surface area contributed by atoms with E-state index in [0.717, 1.165) is 63.4 Å². The van der Waals surface area contributed by atoms with Gasteiger partial charge in [0.2, 0.25) is 0 Å². The second kappa shape index (κ2) is 12.1. The first kappa shape index (κ1) is 25.9. The number of ether oxygens (including phenoxy) is 1. The van der Waals surface area contributed by atoms with Crippen molar-refractivity contribution in [2.45, 2.75) is 89.9 Å². The SMILES string of the molecule is CC=CC1CCC(c2ccc(CCC3CCC(c4ccc(OCC)cc4F)CC3)c(F)c2F)CC1. The maximum atomic E-state index is 15.0. The third kappa shape index (κ3) is 6.32. The fourth-order valence-electron chi connectivity index (χ4n) is 6.22. The zero-order chi connectivity index (χ0) is 24.8. The van der Waals surface area contributed by atoms with Crippen LogP contribution in [0.5, 0.6) is 5.75 Å². The molecule has 2 aliphatic carbocycles. The molecule has 0 aromatic heterocycles. The first-order valence-electron chi connectivity index (χ1n) is 13.5. The summed E-state index contributed by atoms with van der Waals surface area (Å²) >= 11 is 0. The Morgan fingerprint density at radius 3 is 2.14 bits per heavy atom. The average molecular weight is 485 g/mol. The number of hydrogen-bond donors (Lipinski definition) is 0. The van der Waals surface area contributed by atoms with Gasteiger partial charge >= 0.3 is 0 Å². The monoisotopic (exact) mass is 484 g/mol. The summed E-state index contributed by atoms with van der Waals surface area (Å²) in [6, 6.07) is 8.84. The minimum atomic E-state index is -0.650. The molecule has 0 unspecified atom stereocenters. The van der Waals surface area contributed by atoms with Gasteiger partial charge in [-0.25, -0.2) is 13.2 Å². The van der Waals surface area contributed by atoms with Gasteiger partial charge < -0.3 is 4.74 Å².